The molecule has 9 heteroatoms. The molecule has 0 aliphatic rings. The number of rotatable bonds is 14. The minimum atomic E-state index is -3.56. The van der Waals surface area contributed by atoms with Gasteiger partial charge < -0.3 is 10.2 Å². The first kappa shape index (κ1) is 32.2. The van der Waals surface area contributed by atoms with Gasteiger partial charge in [0.2, 0.25) is 21.8 Å². The number of halogens is 1. The second-order valence-electron chi connectivity index (χ2n) is 10.7. The number of amides is 2. The molecule has 0 radical (unpaired) electrons. The van der Waals surface area contributed by atoms with Gasteiger partial charge >= 0.3 is 0 Å². The topological polar surface area (TPSA) is 86.8 Å². The van der Waals surface area contributed by atoms with Gasteiger partial charge in [0.25, 0.3) is 0 Å². The second kappa shape index (κ2) is 15.0. The van der Waals surface area contributed by atoms with E-state index in [1.54, 1.807) is 23.1 Å². The van der Waals surface area contributed by atoms with Crippen molar-refractivity contribution in [3.8, 4) is 0 Å². The van der Waals surface area contributed by atoms with Crippen molar-refractivity contribution in [2.75, 3.05) is 23.7 Å². The summed E-state index contributed by atoms with van der Waals surface area (Å²) in [6.45, 7) is 6.74. The number of carbonyl (C=O) groups excluding carboxylic acids is 2. The lowest BCUT2D eigenvalue weighted by atomic mass is 10.0. The van der Waals surface area contributed by atoms with Crippen molar-refractivity contribution in [3.05, 3.63) is 101 Å². The standard InChI is InChI=1S/C32H40ClN3O4S/c1-24(2)22-34-32(38)30(21-26-11-6-5-7-12-26)35(23-27-13-8-9-14-29(27)33)31(37)15-10-20-36(41(4,39)40)28-18-16-25(3)17-19-28/h5-9,11-14,16-19,24,30H,10,15,20-23H2,1-4H3,(H,34,38)/t30-/m0/s1. The second-order valence-corrected chi connectivity index (χ2v) is 13.0. The summed E-state index contributed by atoms with van der Waals surface area (Å²) in [6.07, 6.45) is 1.84. The normalized spacial score (nSPS) is 12.1. The Balaban J connectivity index is 1.88. The molecule has 7 nitrogen and oxygen atoms in total. The van der Waals surface area contributed by atoms with E-state index >= 15 is 0 Å². The van der Waals surface area contributed by atoms with Crippen LogP contribution in [0.25, 0.3) is 0 Å². The summed E-state index contributed by atoms with van der Waals surface area (Å²) < 4.78 is 26.5. The van der Waals surface area contributed by atoms with E-state index in [-0.39, 0.29) is 43.7 Å². The third-order valence-electron chi connectivity index (χ3n) is 6.73. The van der Waals surface area contributed by atoms with E-state index in [4.69, 9.17) is 11.6 Å². The van der Waals surface area contributed by atoms with Crippen molar-refractivity contribution in [1.82, 2.24) is 10.2 Å². The van der Waals surface area contributed by atoms with Crippen LogP contribution in [-0.4, -0.2) is 50.5 Å². The molecule has 0 fully saturated rings. The number of nitrogens with zero attached hydrogens (tertiary/aromatic N) is 2. The van der Waals surface area contributed by atoms with Crippen LogP contribution in [-0.2, 0) is 32.6 Å². The minimum absolute atomic E-state index is 0.0606. The Bertz CT molecular complexity index is 1400. The highest BCUT2D eigenvalue weighted by Gasteiger charge is 2.31. The van der Waals surface area contributed by atoms with Gasteiger partial charge in [0.1, 0.15) is 6.04 Å². The molecule has 0 heterocycles. The van der Waals surface area contributed by atoms with E-state index in [0.29, 0.717) is 23.7 Å². The van der Waals surface area contributed by atoms with Gasteiger partial charge in [0.15, 0.2) is 0 Å². The van der Waals surface area contributed by atoms with Crippen LogP contribution in [0, 0.1) is 12.8 Å². The maximum Gasteiger partial charge on any atom is 0.243 e. The van der Waals surface area contributed by atoms with Crippen LogP contribution in [0.1, 0.15) is 43.4 Å². The van der Waals surface area contributed by atoms with Crippen molar-refractivity contribution in [2.45, 2.75) is 52.6 Å². The summed E-state index contributed by atoms with van der Waals surface area (Å²) in [5.74, 6) is -0.240. The number of anilines is 1. The summed E-state index contributed by atoms with van der Waals surface area (Å²) in [5, 5.41) is 3.51. The minimum Gasteiger partial charge on any atom is -0.354 e. The van der Waals surface area contributed by atoms with Gasteiger partial charge in [0.05, 0.1) is 11.9 Å². The summed E-state index contributed by atoms with van der Waals surface area (Å²) in [7, 11) is -3.56. The molecule has 3 aromatic rings. The molecule has 0 aromatic heterocycles. The van der Waals surface area contributed by atoms with Gasteiger partial charge in [-0.25, -0.2) is 8.42 Å². The van der Waals surface area contributed by atoms with Gasteiger partial charge in [-0.2, -0.15) is 0 Å². The highest BCUT2D eigenvalue weighted by molar-refractivity contribution is 7.92. The lowest BCUT2D eigenvalue weighted by Gasteiger charge is -2.32. The number of benzene rings is 3. The first-order valence-corrected chi connectivity index (χ1v) is 16.1. The van der Waals surface area contributed by atoms with Gasteiger partial charge in [-0.15, -0.1) is 0 Å². The SMILES string of the molecule is Cc1ccc(N(CCCC(=O)N(Cc2ccccc2Cl)[C@@H](Cc2ccccc2)C(=O)NCC(C)C)S(C)(=O)=O)cc1. The van der Waals surface area contributed by atoms with Crippen LogP contribution in [0.4, 0.5) is 5.69 Å². The van der Waals surface area contributed by atoms with Crippen molar-refractivity contribution in [2.24, 2.45) is 5.92 Å². The Kier molecular flexibility index (Phi) is 11.8. The Hall–Kier alpha value is -3.36. The van der Waals surface area contributed by atoms with E-state index < -0.39 is 16.1 Å². The monoisotopic (exact) mass is 597 g/mol. The Morgan fingerprint density at radius 1 is 0.927 bits per heavy atom. The molecular formula is C32H40ClN3O4S. The average molecular weight is 598 g/mol. The smallest absolute Gasteiger partial charge is 0.243 e. The van der Waals surface area contributed by atoms with E-state index in [0.717, 1.165) is 22.9 Å². The number of sulfonamides is 1. The van der Waals surface area contributed by atoms with Crippen molar-refractivity contribution < 1.29 is 18.0 Å². The fourth-order valence-electron chi connectivity index (χ4n) is 4.50. The van der Waals surface area contributed by atoms with E-state index in [2.05, 4.69) is 5.32 Å². The molecule has 220 valence electrons. The van der Waals surface area contributed by atoms with Crippen molar-refractivity contribution in [3.63, 3.8) is 0 Å². The molecule has 0 bridgehead atoms. The number of nitrogens with one attached hydrogen (secondary N) is 1. The molecule has 0 aliphatic carbocycles. The first-order valence-electron chi connectivity index (χ1n) is 13.8. The number of hydrogen-bond donors (Lipinski definition) is 1. The first-order chi connectivity index (χ1) is 19.5. The predicted molar refractivity (Wildman–Crippen MR) is 166 cm³/mol. The Morgan fingerprint density at radius 3 is 2.17 bits per heavy atom. The van der Waals surface area contributed by atoms with Crippen LogP contribution in [0.15, 0.2) is 78.9 Å². The molecular weight excluding hydrogens is 558 g/mol. The molecule has 1 atom stereocenters. The van der Waals surface area contributed by atoms with Crippen LogP contribution in [0.2, 0.25) is 5.02 Å². The summed E-state index contributed by atoms with van der Waals surface area (Å²) >= 11 is 6.48. The molecule has 0 saturated heterocycles. The lowest BCUT2D eigenvalue weighted by molar-refractivity contribution is -0.141. The highest BCUT2D eigenvalue weighted by atomic mass is 35.5. The van der Waals surface area contributed by atoms with Gasteiger partial charge in [-0.3, -0.25) is 13.9 Å². The van der Waals surface area contributed by atoms with Crippen LogP contribution in [0.5, 0.6) is 0 Å². The van der Waals surface area contributed by atoms with Crippen molar-refractivity contribution in [1.29, 1.82) is 0 Å². The zero-order valence-corrected chi connectivity index (χ0v) is 25.8. The summed E-state index contributed by atoms with van der Waals surface area (Å²) in [4.78, 5) is 29.0. The largest absolute Gasteiger partial charge is 0.354 e. The third kappa shape index (κ3) is 9.90. The molecule has 41 heavy (non-hydrogen) atoms. The highest BCUT2D eigenvalue weighted by Crippen LogP contribution is 2.23. The molecule has 0 spiro atoms. The van der Waals surface area contributed by atoms with Crippen LogP contribution in [0.3, 0.4) is 0 Å². The van der Waals surface area contributed by atoms with E-state index in [1.165, 1.54) is 4.31 Å². The molecule has 1 N–H and O–H groups in total. The molecule has 0 saturated carbocycles. The summed E-state index contributed by atoms with van der Waals surface area (Å²) in [5.41, 5.74) is 3.23. The predicted octanol–water partition coefficient (Wildman–Crippen LogP) is 5.61. The van der Waals surface area contributed by atoms with Crippen molar-refractivity contribution >= 4 is 39.1 Å². The van der Waals surface area contributed by atoms with Gasteiger partial charge in [-0.05, 0) is 48.6 Å². The molecule has 3 rings (SSSR count). The van der Waals surface area contributed by atoms with Crippen LogP contribution < -0.4 is 9.62 Å². The molecule has 0 unspecified atom stereocenters. The van der Waals surface area contributed by atoms with E-state index in [1.807, 2.05) is 81.4 Å². The fraction of sp³-hybridized carbons (Fsp3) is 0.375. The third-order valence-corrected chi connectivity index (χ3v) is 8.29. The number of aryl methyl sites for hydroxylation is 1. The summed E-state index contributed by atoms with van der Waals surface area (Å²) in [6, 6.07) is 23.3. The molecule has 3 aromatic carbocycles. The van der Waals surface area contributed by atoms with Gasteiger partial charge in [0, 0.05) is 37.5 Å². The van der Waals surface area contributed by atoms with E-state index in [9.17, 15) is 18.0 Å². The van der Waals surface area contributed by atoms with Gasteiger partial charge in [-0.1, -0.05) is 91.7 Å². The zero-order chi connectivity index (χ0) is 30.0. The molecule has 0 aliphatic heterocycles. The molecule has 2 amide bonds. The Labute approximate surface area is 249 Å². The average Bonchev–Trinajstić information content (AvgIpc) is 2.93. The quantitative estimate of drug-likeness (QED) is 0.262. The zero-order valence-electron chi connectivity index (χ0n) is 24.2. The Morgan fingerprint density at radius 2 is 1.56 bits per heavy atom. The fourth-order valence-corrected chi connectivity index (χ4v) is 5.66. The number of carbonyl (C=O) groups is 2. The number of hydrogen-bond acceptors (Lipinski definition) is 4. The van der Waals surface area contributed by atoms with Crippen LogP contribution >= 0.6 is 11.6 Å². The lowest BCUT2D eigenvalue weighted by Crippen LogP contribution is -2.51. The maximum atomic E-state index is 13.9. The maximum absolute atomic E-state index is 13.9.